The summed E-state index contributed by atoms with van der Waals surface area (Å²) < 4.78 is 17.9. The normalized spacial score (nSPS) is 20.9. The second kappa shape index (κ2) is 9.17. The number of rotatable bonds is 5. The first kappa shape index (κ1) is 23.6. The molecule has 0 radical (unpaired) electrons. The number of likely N-dealkylation sites (tertiary alicyclic amines) is 1. The van der Waals surface area contributed by atoms with Crippen LogP contribution in [0.1, 0.15) is 58.0 Å². The fourth-order valence-electron chi connectivity index (χ4n) is 4.52. The molecule has 0 spiro atoms. The zero-order chi connectivity index (χ0) is 24.6. The number of benzene rings is 2. The summed E-state index contributed by atoms with van der Waals surface area (Å²) in [5.74, 6) is 0.782. The van der Waals surface area contributed by atoms with Gasteiger partial charge < -0.3 is 19.0 Å². The fraction of sp³-hybridized carbons (Fsp3) is 0.407. The van der Waals surface area contributed by atoms with Crippen LogP contribution in [0.15, 0.2) is 60.8 Å². The third-order valence-corrected chi connectivity index (χ3v) is 7.35. The van der Waals surface area contributed by atoms with E-state index in [1.54, 1.807) is 4.90 Å². The maximum atomic E-state index is 12.8. The predicted molar refractivity (Wildman–Crippen MR) is 135 cm³/mol. The van der Waals surface area contributed by atoms with E-state index in [2.05, 4.69) is 37.7 Å². The summed E-state index contributed by atoms with van der Waals surface area (Å²) in [4.78, 5) is 22.6. The Morgan fingerprint density at radius 3 is 2.46 bits per heavy atom. The van der Waals surface area contributed by atoms with Crippen LogP contribution in [-0.2, 0) is 20.7 Å². The van der Waals surface area contributed by atoms with Gasteiger partial charge >= 0.3 is 13.2 Å². The summed E-state index contributed by atoms with van der Waals surface area (Å²) in [5, 5.41) is 0. The first-order valence-electron chi connectivity index (χ1n) is 12.2. The van der Waals surface area contributed by atoms with E-state index < -0.39 is 0 Å². The zero-order valence-electron chi connectivity index (χ0n) is 20.8. The number of carbonyl (C=O) groups is 1. The van der Waals surface area contributed by atoms with Crippen LogP contribution in [0, 0.1) is 0 Å². The fourth-order valence-corrected chi connectivity index (χ4v) is 4.52. The molecule has 5 rings (SSSR count). The minimum atomic E-state index is -0.389. The lowest BCUT2D eigenvalue weighted by atomic mass is 9.79. The van der Waals surface area contributed by atoms with Crippen molar-refractivity contribution in [2.75, 3.05) is 6.54 Å². The van der Waals surface area contributed by atoms with Gasteiger partial charge in [0.05, 0.1) is 29.1 Å². The van der Waals surface area contributed by atoms with Crippen LogP contribution in [0.2, 0.25) is 0 Å². The van der Waals surface area contributed by atoms with Crippen molar-refractivity contribution >= 4 is 18.7 Å². The van der Waals surface area contributed by atoms with Crippen molar-refractivity contribution in [2.45, 2.75) is 64.4 Å². The molecule has 0 aliphatic carbocycles. The van der Waals surface area contributed by atoms with Gasteiger partial charge in [0, 0.05) is 6.54 Å². The number of H-pyrrole nitrogens is 1. The molecule has 2 aliphatic rings. The molecule has 182 valence electrons. The molecular formula is C27H32BN3O4. The molecule has 3 aromatic rings. The van der Waals surface area contributed by atoms with Crippen molar-refractivity contribution in [3.8, 4) is 11.3 Å². The van der Waals surface area contributed by atoms with Gasteiger partial charge in [0.1, 0.15) is 12.4 Å². The number of nitrogens with zero attached hydrogens (tertiary/aromatic N) is 2. The van der Waals surface area contributed by atoms with Gasteiger partial charge in [0.2, 0.25) is 0 Å². The number of ether oxygens (including phenoxy) is 1. The molecule has 2 aliphatic heterocycles. The minimum Gasteiger partial charge on any atom is -0.445 e. The van der Waals surface area contributed by atoms with Gasteiger partial charge in [-0.05, 0) is 57.1 Å². The van der Waals surface area contributed by atoms with Crippen LogP contribution in [-0.4, -0.2) is 45.8 Å². The van der Waals surface area contributed by atoms with Gasteiger partial charge in [-0.2, -0.15) is 0 Å². The summed E-state index contributed by atoms with van der Waals surface area (Å²) in [5.41, 5.74) is 3.13. The zero-order valence-corrected chi connectivity index (χ0v) is 20.8. The van der Waals surface area contributed by atoms with Gasteiger partial charge in [-0.1, -0.05) is 54.6 Å². The Bertz CT molecular complexity index is 1160. The summed E-state index contributed by atoms with van der Waals surface area (Å²) in [6.07, 6.45) is 3.30. The lowest BCUT2D eigenvalue weighted by Gasteiger charge is -2.32. The van der Waals surface area contributed by atoms with Gasteiger partial charge in [-0.25, -0.2) is 9.78 Å². The molecule has 2 aromatic carbocycles. The first-order chi connectivity index (χ1) is 16.7. The molecule has 1 amide bonds. The molecule has 1 aromatic heterocycles. The van der Waals surface area contributed by atoms with Gasteiger partial charge in [0.15, 0.2) is 0 Å². The highest BCUT2D eigenvalue weighted by molar-refractivity contribution is 6.62. The van der Waals surface area contributed by atoms with Crippen molar-refractivity contribution < 1.29 is 18.8 Å². The molecule has 2 saturated heterocycles. The van der Waals surface area contributed by atoms with E-state index in [-0.39, 0.29) is 37.1 Å². The van der Waals surface area contributed by atoms with Crippen LogP contribution in [0.25, 0.3) is 11.3 Å². The van der Waals surface area contributed by atoms with Crippen LogP contribution < -0.4 is 5.46 Å². The number of carbonyl (C=O) groups excluding carboxylic acids is 1. The quantitative estimate of drug-likeness (QED) is 0.537. The number of imidazole rings is 1. The molecule has 0 saturated carbocycles. The topological polar surface area (TPSA) is 76.7 Å². The lowest BCUT2D eigenvalue weighted by Crippen LogP contribution is -2.41. The average Bonchev–Trinajstić information content (AvgIpc) is 3.56. The van der Waals surface area contributed by atoms with E-state index in [1.165, 1.54) is 0 Å². The number of hydrogen-bond donors (Lipinski definition) is 1. The monoisotopic (exact) mass is 473 g/mol. The number of amides is 1. The molecule has 8 heteroatoms. The summed E-state index contributed by atoms with van der Waals surface area (Å²) >= 11 is 0. The summed E-state index contributed by atoms with van der Waals surface area (Å²) in [7, 11) is -0.389. The standard InChI is InChI=1S/C27H32BN3O4/c1-26(2)27(3,4)35-28(34-26)21-14-12-20(13-15-21)22-17-29-24(30-22)23-11-8-16-31(23)25(32)33-18-19-9-6-5-7-10-19/h5-7,9-10,12-15,17,23H,8,11,16,18H2,1-4H3,(H,29,30)/t23-/m1/s1. The molecule has 0 unspecified atom stereocenters. The van der Waals surface area contributed by atoms with Gasteiger partial charge in [-0.15, -0.1) is 0 Å². The van der Waals surface area contributed by atoms with Gasteiger partial charge in [-0.3, -0.25) is 4.90 Å². The molecule has 7 nitrogen and oxygen atoms in total. The molecule has 1 N–H and O–H groups in total. The number of hydrogen-bond acceptors (Lipinski definition) is 5. The molecule has 3 heterocycles. The maximum absolute atomic E-state index is 12.8. The van der Waals surface area contributed by atoms with E-state index in [1.807, 2.05) is 60.8 Å². The first-order valence-corrected chi connectivity index (χ1v) is 12.2. The summed E-state index contributed by atoms with van der Waals surface area (Å²) in [6, 6.07) is 17.7. The van der Waals surface area contributed by atoms with Gasteiger partial charge in [0.25, 0.3) is 0 Å². The molecule has 35 heavy (non-hydrogen) atoms. The third kappa shape index (κ3) is 4.73. The highest BCUT2D eigenvalue weighted by Gasteiger charge is 2.51. The van der Waals surface area contributed by atoms with Crippen molar-refractivity contribution in [1.29, 1.82) is 0 Å². The van der Waals surface area contributed by atoms with Crippen LogP contribution in [0.5, 0.6) is 0 Å². The predicted octanol–water partition coefficient (Wildman–Crippen LogP) is 4.85. The van der Waals surface area contributed by atoms with Crippen LogP contribution >= 0.6 is 0 Å². The Labute approximate surface area is 206 Å². The molecule has 2 fully saturated rings. The second-order valence-electron chi connectivity index (χ2n) is 10.3. The van der Waals surface area contributed by atoms with E-state index >= 15 is 0 Å². The van der Waals surface area contributed by atoms with Crippen molar-refractivity contribution in [1.82, 2.24) is 14.9 Å². The van der Waals surface area contributed by atoms with Crippen molar-refractivity contribution in [2.24, 2.45) is 0 Å². The highest BCUT2D eigenvalue weighted by Crippen LogP contribution is 2.37. The van der Waals surface area contributed by atoms with Crippen LogP contribution in [0.3, 0.4) is 0 Å². The minimum absolute atomic E-state index is 0.115. The average molecular weight is 473 g/mol. The van der Waals surface area contributed by atoms with Crippen molar-refractivity contribution in [3.63, 3.8) is 0 Å². The largest absolute Gasteiger partial charge is 0.494 e. The number of aromatic amines is 1. The Morgan fingerprint density at radius 1 is 1.09 bits per heavy atom. The van der Waals surface area contributed by atoms with E-state index in [9.17, 15) is 4.79 Å². The highest BCUT2D eigenvalue weighted by atomic mass is 16.7. The Balaban J connectivity index is 1.25. The number of aromatic nitrogens is 2. The van der Waals surface area contributed by atoms with E-state index in [0.717, 1.165) is 40.9 Å². The molecular weight excluding hydrogens is 441 g/mol. The maximum Gasteiger partial charge on any atom is 0.494 e. The van der Waals surface area contributed by atoms with E-state index in [0.29, 0.717) is 6.54 Å². The summed E-state index contributed by atoms with van der Waals surface area (Å²) in [6.45, 7) is 9.14. The smallest absolute Gasteiger partial charge is 0.445 e. The second-order valence-corrected chi connectivity index (χ2v) is 10.3. The Morgan fingerprint density at radius 2 is 1.77 bits per heavy atom. The molecule has 1 atom stereocenters. The lowest BCUT2D eigenvalue weighted by molar-refractivity contribution is 0.00578. The Hall–Kier alpha value is -3.10. The van der Waals surface area contributed by atoms with Crippen molar-refractivity contribution in [3.05, 3.63) is 72.2 Å². The Kier molecular flexibility index (Phi) is 6.19. The number of nitrogens with one attached hydrogen (secondary N) is 1. The SMILES string of the molecule is CC1(C)OB(c2ccc(-c3cnc([C@H]4CCCN4C(=O)OCc4ccccc4)[nH]3)cc2)OC1(C)C. The molecule has 0 bridgehead atoms. The third-order valence-electron chi connectivity index (χ3n) is 7.35. The van der Waals surface area contributed by atoms with E-state index in [4.69, 9.17) is 14.0 Å². The van der Waals surface area contributed by atoms with Crippen LogP contribution in [0.4, 0.5) is 4.79 Å².